The van der Waals surface area contributed by atoms with E-state index in [9.17, 15) is 13.6 Å². The number of piperidine rings is 1. The molecule has 1 aromatic carbocycles. The van der Waals surface area contributed by atoms with Crippen LogP contribution in [0.15, 0.2) is 47.7 Å². The van der Waals surface area contributed by atoms with Crippen molar-refractivity contribution in [1.82, 2.24) is 14.5 Å². The third kappa shape index (κ3) is 4.49. The van der Waals surface area contributed by atoms with Gasteiger partial charge in [-0.1, -0.05) is 11.6 Å². The predicted octanol–water partition coefficient (Wildman–Crippen LogP) is 3.48. The number of benzene rings is 1. The summed E-state index contributed by atoms with van der Waals surface area (Å²) in [5, 5.41) is 9.04. The van der Waals surface area contributed by atoms with Gasteiger partial charge in [0, 0.05) is 38.2 Å². The number of hydrogen-bond donors (Lipinski definition) is 0. The minimum absolute atomic E-state index is 0.111. The third-order valence-corrected chi connectivity index (χ3v) is 5.23. The normalized spacial score (nSPS) is 14.3. The first-order valence-corrected chi connectivity index (χ1v) is 9.84. The van der Waals surface area contributed by atoms with Crippen LogP contribution in [0, 0.1) is 23.0 Å². The van der Waals surface area contributed by atoms with E-state index in [0.29, 0.717) is 31.9 Å². The van der Waals surface area contributed by atoms with Crippen molar-refractivity contribution < 1.29 is 13.5 Å². The molecule has 1 aliphatic rings. The molecule has 0 amide bonds. The zero-order valence-corrected chi connectivity index (χ0v) is 16.9. The zero-order chi connectivity index (χ0) is 22.0. The lowest BCUT2D eigenvalue weighted by molar-refractivity contribution is 0.170. The fourth-order valence-electron chi connectivity index (χ4n) is 3.35. The molecular weight excluding hydrogens is 428 g/mol. The Morgan fingerprint density at radius 3 is 2.52 bits per heavy atom. The maximum atomic E-state index is 13.9. The second-order valence-corrected chi connectivity index (χ2v) is 7.38. The summed E-state index contributed by atoms with van der Waals surface area (Å²) < 4.78 is 34.0. The Labute approximate surface area is 181 Å². The quantitative estimate of drug-likeness (QED) is 0.614. The van der Waals surface area contributed by atoms with Gasteiger partial charge in [0.05, 0.1) is 28.7 Å². The first kappa shape index (κ1) is 20.8. The molecule has 0 N–H and O–H groups in total. The largest absolute Gasteiger partial charge is 0.488 e. The number of anilines is 1. The first-order valence-electron chi connectivity index (χ1n) is 9.46. The average Bonchev–Trinajstić information content (AvgIpc) is 2.77. The SMILES string of the molecule is N#Cc1ccc(-n2cc(Cl)c(OC3CCN(c4ncc(F)cn4)CC3)cc2=O)cc1F. The summed E-state index contributed by atoms with van der Waals surface area (Å²) in [5.74, 6) is -0.515. The van der Waals surface area contributed by atoms with Gasteiger partial charge in [-0.05, 0) is 18.2 Å². The number of hydrogen-bond acceptors (Lipinski definition) is 6. The van der Waals surface area contributed by atoms with Crippen molar-refractivity contribution in [3.05, 3.63) is 75.4 Å². The van der Waals surface area contributed by atoms with Crippen molar-refractivity contribution in [3.63, 3.8) is 0 Å². The summed E-state index contributed by atoms with van der Waals surface area (Å²) in [6.45, 7) is 1.21. The molecule has 3 heterocycles. The Morgan fingerprint density at radius 1 is 1.16 bits per heavy atom. The Bertz CT molecular complexity index is 1200. The van der Waals surface area contributed by atoms with Gasteiger partial charge < -0.3 is 9.64 Å². The zero-order valence-electron chi connectivity index (χ0n) is 16.1. The maximum absolute atomic E-state index is 13.9. The van der Waals surface area contributed by atoms with E-state index in [1.807, 2.05) is 4.90 Å². The number of nitrogens with zero attached hydrogens (tertiary/aromatic N) is 5. The summed E-state index contributed by atoms with van der Waals surface area (Å²) in [6.07, 6.45) is 4.72. The van der Waals surface area contributed by atoms with Gasteiger partial charge in [0.1, 0.15) is 23.7 Å². The highest BCUT2D eigenvalue weighted by Gasteiger charge is 2.23. The van der Waals surface area contributed by atoms with Gasteiger partial charge in [-0.15, -0.1) is 0 Å². The molecule has 0 saturated carbocycles. The van der Waals surface area contributed by atoms with Crippen LogP contribution in [0.5, 0.6) is 5.75 Å². The van der Waals surface area contributed by atoms with Gasteiger partial charge in [-0.3, -0.25) is 9.36 Å². The van der Waals surface area contributed by atoms with Gasteiger partial charge in [0.15, 0.2) is 5.82 Å². The fraction of sp³-hybridized carbons (Fsp3) is 0.238. The summed E-state index contributed by atoms with van der Waals surface area (Å²) in [7, 11) is 0. The topological polar surface area (TPSA) is 84.0 Å². The molecule has 0 unspecified atom stereocenters. The van der Waals surface area contributed by atoms with Gasteiger partial charge in [-0.25, -0.2) is 18.7 Å². The van der Waals surface area contributed by atoms with Gasteiger partial charge in [0.25, 0.3) is 5.56 Å². The molecule has 1 saturated heterocycles. The van der Waals surface area contributed by atoms with E-state index in [-0.39, 0.29) is 28.1 Å². The van der Waals surface area contributed by atoms with Crippen LogP contribution in [0.2, 0.25) is 5.02 Å². The number of pyridine rings is 1. The van der Waals surface area contributed by atoms with Crippen LogP contribution in [0.3, 0.4) is 0 Å². The van der Waals surface area contributed by atoms with E-state index in [1.165, 1.54) is 29.0 Å². The maximum Gasteiger partial charge on any atom is 0.258 e. The van der Waals surface area contributed by atoms with Crippen LogP contribution in [-0.2, 0) is 0 Å². The Balaban J connectivity index is 1.46. The van der Waals surface area contributed by atoms with Crippen LogP contribution in [0.25, 0.3) is 5.69 Å². The number of halogens is 3. The van der Waals surface area contributed by atoms with Crippen molar-refractivity contribution in [3.8, 4) is 17.5 Å². The van der Waals surface area contributed by atoms with Crippen molar-refractivity contribution in [2.45, 2.75) is 18.9 Å². The third-order valence-electron chi connectivity index (χ3n) is 4.95. The molecule has 10 heteroatoms. The van der Waals surface area contributed by atoms with Crippen LogP contribution in [0.1, 0.15) is 18.4 Å². The molecule has 0 aliphatic carbocycles. The lowest BCUT2D eigenvalue weighted by atomic mass is 10.1. The Morgan fingerprint density at radius 2 is 1.87 bits per heavy atom. The van der Waals surface area contributed by atoms with Gasteiger partial charge >= 0.3 is 0 Å². The summed E-state index contributed by atoms with van der Waals surface area (Å²) >= 11 is 6.31. The van der Waals surface area contributed by atoms with Crippen molar-refractivity contribution in [2.75, 3.05) is 18.0 Å². The molecule has 0 bridgehead atoms. The van der Waals surface area contributed by atoms with E-state index in [4.69, 9.17) is 21.6 Å². The molecule has 0 spiro atoms. The van der Waals surface area contributed by atoms with Crippen molar-refractivity contribution in [2.24, 2.45) is 0 Å². The summed E-state index contributed by atoms with van der Waals surface area (Å²) in [6, 6.07) is 6.86. The molecule has 0 atom stereocenters. The highest BCUT2D eigenvalue weighted by molar-refractivity contribution is 6.31. The lowest BCUT2D eigenvalue weighted by Gasteiger charge is -2.32. The highest BCUT2D eigenvalue weighted by Crippen LogP contribution is 2.27. The molecule has 1 aliphatic heterocycles. The minimum atomic E-state index is -0.722. The van der Waals surface area contributed by atoms with E-state index < -0.39 is 17.2 Å². The van der Waals surface area contributed by atoms with E-state index in [1.54, 1.807) is 6.07 Å². The van der Waals surface area contributed by atoms with E-state index in [2.05, 4.69) is 9.97 Å². The molecule has 7 nitrogen and oxygen atoms in total. The smallest absolute Gasteiger partial charge is 0.258 e. The predicted molar refractivity (Wildman–Crippen MR) is 110 cm³/mol. The molecule has 31 heavy (non-hydrogen) atoms. The second-order valence-electron chi connectivity index (χ2n) is 6.98. The molecule has 4 rings (SSSR count). The second kappa shape index (κ2) is 8.70. The van der Waals surface area contributed by atoms with Crippen LogP contribution >= 0.6 is 11.6 Å². The number of nitriles is 1. The molecule has 2 aromatic heterocycles. The summed E-state index contributed by atoms with van der Waals surface area (Å²) in [5.41, 5.74) is -0.302. The Kier molecular flexibility index (Phi) is 5.82. The van der Waals surface area contributed by atoms with Crippen molar-refractivity contribution in [1.29, 1.82) is 5.26 Å². The standard InChI is InChI=1S/C21H16ClF2N5O2/c22-17-12-29(15-2-1-13(9-25)18(24)7-15)20(30)8-19(17)31-16-3-5-28(6-4-16)21-26-10-14(23)11-27-21/h1-2,7-8,10-12,16H,3-6H2. The van der Waals surface area contributed by atoms with Crippen LogP contribution in [0.4, 0.5) is 14.7 Å². The van der Waals surface area contributed by atoms with Crippen molar-refractivity contribution >= 4 is 17.5 Å². The van der Waals surface area contributed by atoms with E-state index in [0.717, 1.165) is 18.5 Å². The first-order chi connectivity index (χ1) is 14.9. The minimum Gasteiger partial charge on any atom is -0.488 e. The molecule has 158 valence electrons. The highest BCUT2D eigenvalue weighted by atomic mass is 35.5. The van der Waals surface area contributed by atoms with Gasteiger partial charge in [-0.2, -0.15) is 5.26 Å². The summed E-state index contributed by atoms with van der Waals surface area (Å²) in [4.78, 5) is 22.4. The number of ether oxygens (including phenoxy) is 1. The molecule has 3 aromatic rings. The number of rotatable bonds is 4. The lowest BCUT2D eigenvalue weighted by Crippen LogP contribution is -2.39. The van der Waals surface area contributed by atoms with E-state index >= 15 is 0 Å². The van der Waals surface area contributed by atoms with Crippen LogP contribution in [-0.4, -0.2) is 33.7 Å². The van der Waals surface area contributed by atoms with Crippen LogP contribution < -0.4 is 15.2 Å². The Hall–Kier alpha value is -3.51. The van der Waals surface area contributed by atoms with Gasteiger partial charge in [0.2, 0.25) is 5.95 Å². The monoisotopic (exact) mass is 443 g/mol. The molecular formula is C21H16ClF2N5O2. The number of aromatic nitrogens is 3. The molecule has 0 radical (unpaired) electrons. The molecule has 1 fully saturated rings. The fourth-order valence-corrected chi connectivity index (χ4v) is 3.55. The average molecular weight is 444 g/mol.